The summed E-state index contributed by atoms with van der Waals surface area (Å²) in [4.78, 5) is 9.31. The van der Waals surface area contributed by atoms with Gasteiger partial charge in [-0.2, -0.15) is 13.2 Å². The van der Waals surface area contributed by atoms with E-state index in [1.54, 1.807) is 0 Å². The number of fused-ring (bicyclic) bond motifs is 1. The minimum atomic E-state index is -4.26. The van der Waals surface area contributed by atoms with Gasteiger partial charge in [0.15, 0.2) is 0 Å². The Bertz CT molecular complexity index is 422. The van der Waals surface area contributed by atoms with Crippen LogP contribution in [0, 0.1) is 0 Å². The Balaban J connectivity index is 2.28. The van der Waals surface area contributed by atoms with Crippen LogP contribution in [0.3, 0.4) is 0 Å². The molecule has 3 nitrogen and oxygen atoms in total. The molecule has 0 fully saturated rings. The molecule has 1 heterocycles. The van der Waals surface area contributed by atoms with E-state index in [9.17, 15) is 13.2 Å². The van der Waals surface area contributed by atoms with Crippen LogP contribution in [0.15, 0.2) is 6.33 Å². The van der Waals surface area contributed by atoms with Gasteiger partial charge in [0.05, 0.1) is 0 Å². The van der Waals surface area contributed by atoms with E-state index in [0.29, 0.717) is 5.82 Å². The maximum Gasteiger partial charge on any atom is 0.405 e. The zero-order valence-corrected chi connectivity index (χ0v) is 10.4. The molecular formula is C11H13ClF3N3. The molecule has 0 atom stereocenters. The highest BCUT2D eigenvalue weighted by Gasteiger charge is 2.32. The van der Waals surface area contributed by atoms with Gasteiger partial charge in [0.2, 0.25) is 0 Å². The van der Waals surface area contributed by atoms with Gasteiger partial charge in [-0.1, -0.05) is 0 Å². The zero-order chi connectivity index (χ0) is 13.2. The normalized spacial score (nSPS) is 14.7. The first-order valence-corrected chi connectivity index (χ1v) is 6.25. The quantitative estimate of drug-likeness (QED) is 0.793. The Morgan fingerprint density at radius 1 is 1.28 bits per heavy atom. The Morgan fingerprint density at radius 2 is 2.06 bits per heavy atom. The first kappa shape index (κ1) is 13.4. The third kappa shape index (κ3) is 3.04. The molecule has 0 saturated heterocycles. The molecular weight excluding hydrogens is 267 g/mol. The molecule has 0 radical (unpaired) electrons. The van der Waals surface area contributed by atoms with Gasteiger partial charge >= 0.3 is 6.18 Å². The largest absolute Gasteiger partial charge is 0.405 e. The van der Waals surface area contributed by atoms with Crippen LogP contribution in [-0.4, -0.2) is 35.1 Å². The van der Waals surface area contributed by atoms with Crippen molar-refractivity contribution in [1.29, 1.82) is 0 Å². The van der Waals surface area contributed by atoms with Crippen LogP contribution in [0.5, 0.6) is 0 Å². The van der Waals surface area contributed by atoms with Gasteiger partial charge in [-0.05, 0) is 19.3 Å². The molecule has 7 heteroatoms. The van der Waals surface area contributed by atoms with E-state index in [0.717, 1.165) is 30.5 Å². The fourth-order valence-electron chi connectivity index (χ4n) is 2.19. The standard InChI is InChI=1S/C11H13ClF3N3/c12-4-5-18(6-11(13,14)15)10-8-2-1-3-9(8)16-7-17-10/h7H,1-6H2. The summed E-state index contributed by atoms with van der Waals surface area (Å²) >= 11 is 5.57. The lowest BCUT2D eigenvalue weighted by Gasteiger charge is -2.25. The van der Waals surface area contributed by atoms with Crippen LogP contribution in [0.2, 0.25) is 0 Å². The monoisotopic (exact) mass is 279 g/mol. The molecule has 2 rings (SSSR count). The van der Waals surface area contributed by atoms with Crippen molar-refractivity contribution in [1.82, 2.24) is 9.97 Å². The maximum atomic E-state index is 12.5. The van der Waals surface area contributed by atoms with E-state index < -0.39 is 12.7 Å². The summed E-state index contributed by atoms with van der Waals surface area (Å²) in [6.45, 7) is -0.895. The third-order valence-corrected chi connectivity index (χ3v) is 3.05. The molecule has 0 aromatic carbocycles. The molecule has 100 valence electrons. The number of halogens is 4. The van der Waals surface area contributed by atoms with Gasteiger partial charge in [0, 0.05) is 23.7 Å². The molecule has 0 N–H and O–H groups in total. The maximum absolute atomic E-state index is 12.5. The number of rotatable bonds is 4. The Labute approximate surface area is 108 Å². The van der Waals surface area contributed by atoms with Crippen LogP contribution >= 0.6 is 11.6 Å². The molecule has 0 aliphatic heterocycles. The average Bonchev–Trinajstić information content (AvgIpc) is 2.74. The highest BCUT2D eigenvalue weighted by Crippen LogP contribution is 2.29. The summed E-state index contributed by atoms with van der Waals surface area (Å²) in [6, 6.07) is 0. The van der Waals surface area contributed by atoms with Crippen molar-refractivity contribution < 1.29 is 13.2 Å². The fraction of sp³-hybridized carbons (Fsp3) is 0.636. The van der Waals surface area contributed by atoms with Crippen molar-refractivity contribution in [3.8, 4) is 0 Å². The summed E-state index contributed by atoms with van der Waals surface area (Å²) in [5.41, 5.74) is 1.70. The van der Waals surface area contributed by atoms with E-state index in [2.05, 4.69) is 9.97 Å². The number of nitrogens with zero attached hydrogens (tertiary/aromatic N) is 3. The van der Waals surface area contributed by atoms with Crippen molar-refractivity contribution in [3.05, 3.63) is 17.6 Å². The second kappa shape index (κ2) is 5.30. The summed E-state index contributed by atoms with van der Waals surface area (Å²) < 4.78 is 37.6. The van der Waals surface area contributed by atoms with Gasteiger partial charge in [-0.3, -0.25) is 0 Å². The molecule has 18 heavy (non-hydrogen) atoms. The van der Waals surface area contributed by atoms with E-state index in [1.807, 2.05) is 0 Å². The topological polar surface area (TPSA) is 29.0 Å². The summed E-state index contributed by atoms with van der Waals surface area (Å²) in [5, 5.41) is 0. The molecule has 1 aromatic rings. The minimum absolute atomic E-state index is 0.129. The summed E-state index contributed by atoms with van der Waals surface area (Å²) in [7, 11) is 0. The number of anilines is 1. The highest BCUT2D eigenvalue weighted by molar-refractivity contribution is 6.18. The van der Waals surface area contributed by atoms with Crippen LogP contribution in [0.1, 0.15) is 17.7 Å². The molecule has 1 aliphatic carbocycles. The van der Waals surface area contributed by atoms with Gasteiger partial charge in [0.1, 0.15) is 18.7 Å². The van der Waals surface area contributed by atoms with Crippen molar-refractivity contribution in [2.24, 2.45) is 0 Å². The summed E-state index contributed by atoms with van der Waals surface area (Å²) in [6.07, 6.45) is -0.463. The van der Waals surface area contributed by atoms with E-state index in [4.69, 9.17) is 11.6 Å². The lowest BCUT2D eigenvalue weighted by molar-refractivity contribution is -0.119. The molecule has 0 amide bonds. The number of hydrogen-bond acceptors (Lipinski definition) is 3. The van der Waals surface area contributed by atoms with Crippen LogP contribution in [0.25, 0.3) is 0 Å². The smallest absolute Gasteiger partial charge is 0.346 e. The van der Waals surface area contributed by atoms with Crippen molar-refractivity contribution >= 4 is 17.4 Å². The first-order chi connectivity index (χ1) is 8.51. The van der Waals surface area contributed by atoms with Gasteiger partial charge in [0.25, 0.3) is 0 Å². The average molecular weight is 280 g/mol. The molecule has 1 aromatic heterocycles. The van der Waals surface area contributed by atoms with Gasteiger partial charge in [-0.15, -0.1) is 11.6 Å². The Hall–Kier alpha value is -1.04. The Kier molecular flexibility index (Phi) is 3.94. The van der Waals surface area contributed by atoms with Crippen LogP contribution in [0.4, 0.5) is 19.0 Å². The third-order valence-electron chi connectivity index (χ3n) is 2.88. The predicted octanol–water partition coefficient (Wildman–Crippen LogP) is 2.57. The second-order valence-electron chi connectivity index (χ2n) is 4.20. The minimum Gasteiger partial charge on any atom is -0.346 e. The first-order valence-electron chi connectivity index (χ1n) is 5.71. The zero-order valence-electron chi connectivity index (χ0n) is 9.67. The molecule has 0 bridgehead atoms. The van der Waals surface area contributed by atoms with Crippen molar-refractivity contribution in [2.75, 3.05) is 23.9 Å². The summed E-state index contributed by atoms with van der Waals surface area (Å²) in [5.74, 6) is 0.518. The number of aryl methyl sites for hydroxylation is 1. The Morgan fingerprint density at radius 3 is 2.72 bits per heavy atom. The fourth-order valence-corrected chi connectivity index (χ4v) is 2.40. The van der Waals surface area contributed by atoms with Crippen LogP contribution < -0.4 is 4.90 Å². The second-order valence-corrected chi connectivity index (χ2v) is 4.58. The van der Waals surface area contributed by atoms with Gasteiger partial charge < -0.3 is 4.90 Å². The molecule has 0 saturated carbocycles. The SMILES string of the molecule is FC(F)(F)CN(CCCl)c1ncnc2c1CCC2. The number of aromatic nitrogens is 2. The number of hydrogen-bond donors (Lipinski definition) is 0. The van der Waals surface area contributed by atoms with Gasteiger partial charge in [-0.25, -0.2) is 9.97 Å². The number of alkyl halides is 4. The van der Waals surface area contributed by atoms with E-state index >= 15 is 0 Å². The van der Waals surface area contributed by atoms with Crippen molar-refractivity contribution in [3.63, 3.8) is 0 Å². The van der Waals surface area contributed by atoms with Crippen LogP contribution in [-0.2, 0) is 12.8 Å². The van der Waals surface area contributed by atoms with E-state index in [1.165, 1.54) is 11.2 Å². The lowest BCUT2D eigenvalue weighted by Crippen LogP contribution is -2.37. The molecule has 0 unspecified atom stereocenters. The predicted molar refractivity (Wildman–Crippen MR) is 63.0 cm³/mol. The van der Waals surface area contributed by atoms with E-state index in [-0.39, 0.29) is 12.4 Å². The van der Waals surface area contributed by atoms with Crippen molar-refractivity contribution in [2.45, 2.75) is 25.4 Å². The molecule has 1 aliphatic rings. The lowest BCUT2D eigenvalue weighted by atomic mass is 10.2. The molecule has 0 spiro atoms. The highest BCUT2D eigenvalue weighted by atomic mass is 35.5.